The third-order valence-electron chi connectivity index (χ3n) is 3.20. The standard InChI is InChI=1S/C11H15BrN4O2/c1-15(11(17)18)9-2-4-16(5-3-9)10-13-6-8(12)7-14-10/h6-7,9H,2-5H2,1H3,(H,17,18). The molecule has 1 aliphatic rings. The molecule has 0 bridgehead atoms. The Hall–Kier alpha value is -1.37. The van der Waals surface area contributed by atoms with Gasteiger partial charge in [-0.15, -0.1) is 0 Å². The molecule has 1 fully saturated rings. The van der Waals surface area contributed by atoms with E-state index >= 15 is 0 Å². The number of nitrogens with zero attached hydrogens (tertiary/aromatic N) is 4. The van der Waals surface area contributed by atoms with E-state index in [9.17, 15) is 4.79 Å². The van der Waals surface area contributed by atoms with E-state index in [1.165, 1.54) is 4.90 Å². The van der Waals surface area contributed by atoms with Crippen LogP contribution in [0, 0.1) is 0 Å². The first-order valence-electron chi connectivity index (χ1n) is 5.76. The van der Waals surface area contributed by atoms with Crippen molar-refractivity contribution in [1.29, 1.82) is 0 Å². The van der Waals surface area contributed by atoms with Gasteiger partial charge in [0.2, 0.25) is 5.95 Å². The predicted molar refractivity (Wildman–Crippen MR) is 70.8 cm³/mol. The van der Waals surface area contributed by atoms with Crippen molar-refractivity contribution in [3.05, 3.63) is 16.9 Å². The summed E-state index contributed by atoms with van der Waals surface area (Å²) < 4.78 is 0.853. The van der Waals surface area contributed by atoms with Crippen LogP contribution in [0.4, 0.5) is 10.7 Å². The SMILES string of the molecule is CN(C(=O)O)C1CCN(c2ncc(Br)cn2)CC1. The number of halogens is 1. The van der Waals surface area contributed by atoms with Crippen LogP contribution in [0.25, 0.3) is 0 Å². The van der Waals surface area contributed by atoms with Crippen molar-refractivity contribution in [3.8, 4) is 0 Å². The first kappa shape index (κ1) is 13.1. The Morgan fingerprint density at radius 3 is 2.50 bits per heavy atom. The highest BCUT2D eigenvalue weighted by Crippen LogP contribution is 2.19. The lowest BCUT2D eigenvalue weighted by Gasteiger charge is -2.35. The molecule has 0 radical (unpaired) electrons. The fourth-order valence-corrected chi connectivity index (χ4v) is 2.28. The topological polar surface area (TPSA) is 69.6 Å². The van der Waals surface area contributed by atoms with Crippen LogP contribution >= 0.6 is 15.9 Å². The van der Waals surface area contributed by atoms with Crippen LogP contribution in [0.2, 0.25) is 0 Å². The Balaban J connectivity index is 1.94. The highest BCUT2D eigenvalue weighted by Gasteiger charge is 2.25. The minimum absolute atomic E-state index is 0.0919. The van der Waals surface area contributed by atoms with Gasteiger partial charge in [-0.05, 0) is 28.8 Å². The molecule has 0 aromatic carbocycles. The maximum Gasteiger partial charge on any atom is 0.407 e. The summed E-state index contributed by atoms with van der Waals surface area (Å²) >= 11 is 3.30. The summed E-state index contributed by atoms with van der Waals surface area (Å²) in [5.74, 6) is 0.703. The van der Waals surface area contributed by atoms with Crippen molar-refractivity contribution in [2.75, 3.05) is 25.0 Å². The molecular weight excluding hydrogens is 300 g/mol. The first-order valence-corrected chi connectivity index (χ1v) is 6.55. The number of hydrogen-bond donors (Lipinski definition) is 1. The third-order valence-corrected chi connectivity index (χ3v) is 3.61. The van der Waals surface area contributed by atoms with Crippen molar-refractivity contribution >= 4 is 28.0 Å². The predicted octanol–water partition coefficient (Wildman–Crippen LogP) is 1.82. The quantitative estimate of drug-likeness (QED) is 0.901. The van der Waals surface area contributed by atoms with Gasteiger partial charge < -0.3 is 14.9 Å². The number of carbonyl (C=O) groups is 1. The molecule has 1 aromatic heterocycles. The van der Waals surface area contributed by atoms with Crippen molar-refractivity contribution < 1.29 is 9.90 Å². The van der Waals surface area contributed by atoms with E-state index in [0.29, 0.717) is 5.95 Å². The minimum Gasteiger partial charge on any atom is -0.465 e. The molecule has 7 heteroatoms. The lowest BCUT2D eigenvalue weighted by Crippen LogP contribution is -2.45. The second-order valence-electron chi connectivity index (χ2n) is 4.31. The van der Waals surface area contributed by atoms with Gasteiger partial charge in [-0.3, -0.25) is 0 Å². The summed E-state index contributed by atoms with van der Waals surface area (Å²) in [6.45, 7) is 1.56. The largest absolute Gasteiger partial charge is 0.465 e. The summed E-state index contributed by atoms with van der Waals surface area (Å²) in [4.78, 5) is 22.8. The Labute approximate surface area is 114 Å². The molecule has 0 aliphatic carbocycles. The van der Waals surface area contributed by atoms with Crippen LogP contribution in [0.5, 0.6) is 0 Å². The van der Waals surface area contributed by atoms with E-state index in [4.69, 9.17) is 5.11 Å². The molecule has 6 nitrogen and oxygen atoms in total. The molecule has 1 amide bonds. The van der Waals surface area contributed by atoms with Crippen LogP contribution in [-0.4, -0.2) is 52.2 Å². The Bertz CT molecular complexity index is 418. The average molecular weight is 315 g/mol. The molecule has 0 spiro atoms. The number of anilines is 1. The van der Waals surface area contributed by atoms with Gasteiger partial charge in [0.05, 0.1) is 4.47 Å². The van der Waals surface area contributed by atoms with Crippen LogP contribution < -0.4 is 4.90 Å². The molecule has 98 valence electrons. The highest BCUT2D eigenvalue weighted by molar-refractivity contribution is 9.10. The van der Waals surface area contributed by atoms with Crippen molar-refractivity contribution in [2.24, 2.45) is 0 Å². The Morgan fingerprint density at radius 1 is 1.44 bits per heavy atom. The molecule has 2 rings (SSSR count). The number of rotatable bonds is 2. The zero-order valence-corrected chi connectivity index (χ0v) is 11.7. The monoisotopic (exact) mass is 314 g/mol. The number of amides is 1. The molecule has 1 N–H and O–H groups in total. The average Bonchev–Trinajstić information content (AvgIpc) is 2.39. The number of carboxylic acid groups (broad SMARTS) is 1. The first-order chi connectivity index (χ1) is 8.58. The van der Waals surface area contributed by atoms with Crippen LogP contribution in [-0.2, 0) is 0 Å². The van der Waals surface area contributed by atoms with E-state index in [1.54, 1.807) is 19.4 Å². The van der Waals surface area contributed by atoms with Crippen LogP contribution in [0.15, 0.2) is 16.9 Å². The van der Waals surface area contributed by atoms with Gasteiger partial charge >= 0.3 is 6.09 Å². The Morgan fingerprint density at radius 2 is 2.00 bits per heavy atom. The molecule has 0 atom stereocenters. The van der Waals surface area contributed by atoms with Gasteiger partial charge in [-0.1, -0.05) is 0 Å². The van der Waals surface area contributed by atoms with E-state index < -0.39 is 6.09 Å². The molecule has 18 heavy (non-hydrogen) atoms. The van der Waals surface area contributed by atoms with Crippen molar-refractivity contribution in [2.45, 2.75) is 18.9 Å². The highest BCUT2D eigenvalue weighted by atomic mass is 79.9. The molecule has 1 aliphatic heterocycles. The maximum absolute atomic E-state index is 10.9. The second kappa shape index (κ2) is 5.51. The van der Waals surface area contributed by atoms with E-state index in [0.717, 1.165) is 30.4 Å². The van der Waals surface area contributed by atoms with Crippen molar-refractivity contribution in [3.63, 3.8) is 0 Å². The van der Waals surface area contributed by atoms with Crippen LogP contribution in [0.3, 0.4) is 0 Å². The minimum atomic E-state index is -0.867. The van der Waals surface area contributed by atoms with E-state index in [1.807, 2.05) is 0 Å². The smallest absolute Gasteiger partial charge is 0.407 e. The number of piperidine rings is 1. The van der Waals surface area contributed by atoms with Gasteiger partial charge in [0, 0.05) is 38.6 Å². The van der Waals surface area contributed by atoms with Gasteiger partial charge in [-0.25, -0.2) is 14.8 Å². The molecule has 2 heterocycles. The number of aromatic nitrogens is 2. The molecule has 0 saturated carbocycles. The molecule has 1 aromatic rings. The van der Waals surface area contributed by atoms with Gasteiger partial charge in [-0.2, -0.15) is 0 Å². The maximum atomic E-state index is 10.9. The van der Waals surface area contributed by atoms with Gasteiger partial charge in [0.25, 0.3) is 0 Å². The summed E-state index contributed by atoms with van der Waals surface area (Å²) in [7, 11) is 1.62. The van der Waals surface area contributed by atoms with Gasteiger partial charge in [0.1, 0.15) is 0 Å². The molecule has 1 saturated heterocycles. The van der Waals surface area contributed by atoms with E-state index in [-0.39, 0.29) is 6.04 Å². The molecular formula is C11H15BrN4O2. The number of hydrogen-bond acceptors (Lipinski definition) is 4. The summed E-state index contributed by atoms with van der Waals surface area (Å²) in [5.41, 5.74) is 0. The molecule has 0 unspecified atom stereocenters. The second-order valence-corrected chi connectivity index (χ2v) is 5.23. The van der Waals surface area contributed by atoms with Crippen LogP contribution in [0.1, 0.15) is 12.8 Å². The van der Waals surface area contributed by atoms with Gasteiger partial charge in [0.15, 0.2) is 0 Å². The fraction of sp³-hybridized carbons (Fsp3) is 0.545. The van der Waals surface area contributed by atoms with E-state index in [2.05, 4.69) is 30.8 Å². The zero-order valence-electron chi connectivity index (χ0n) is 10.1. The summed E-state index contributed by atoms with van der Waals surface area (Å²) in [5, 5.41) is 8.93. The lowest BCUT2D eigenvalue weighted by atomic mass is 10.0. The summed E-state index contributed by atoms with van der Waals surface area (Å²) in [6, 6.07) is 0.0919. The summed E-state index contributed by atoms with van der Waals surface area (Å²) in [6.07, 6.45) is 4.19. The normalized spacial score (nSPS) is 16.7. The van der Waals surface area contributed by atoms with Crippen molar-refractivity contribution in [1.82, 2.24) is 14.9 Å². The fourth-order valence-electron chi connectivity index (χ4n) is 2.08. The lowest BCUT2D eigenvalue weighted by molar-refractivity contribution is 0.131. The zero-order chi connectivity index (χ0) is 13.1. The Kier molecular flexibility index (Phi) is 4.00. The third kappa shape index (κ3) is 2.90.